The van der Waals surface area contributed by atoms with Gasteiger partial charge in [0.15, 0.2) is 0 Å². The summed E-state index contributed by atoms with van der Waals surface area (Å²) in [4.78, 5) is 52.4. The van der Waals surface area contributed by atoms with Gasteiger partial charge in [-0.25, -0.2) is 9.59 Å². The van der Waals surface area contributed by atoms with E-state index in [9.17, 15) is 19.5 Å². The van der Waals surface area contributed by atoms with Gasteiger partial charge in [-0.1, -0.05) is 54.6 Å². The van der Waals surface area contributed by atoms with Crippen molar-refractivity contribution in [1.29, 1.82) is 0 Å². The molecule has 3 aromatic heterocycles. The van der Waals surface area contributed by atoms with Crippen molar-refractivity contribution < 1.29 is 24.2 Å². The van der Waals surface area contributed by atoms with Gasteiger partial charge in [0.2, 0.25) is 0 Å². The number of carbonyl (C=O) groups is 3. The normalized spacial score (nSPS) is 14.1. The van der Waals surface area contributed by atoms with Gasteiger partial charge < -0.3 is 26.2 Å². The molecule has 0 spiro atoms. The van der Waals surface area contributed by atoms with E-state index in [1.807, 2.05) is 36.4 Å². The summed E-state index contributed by atoms with van der Waals surface area (Å²) < 4.78 is 5.57. The lowest BCUT2D eigenvalue weighted by molar-refractivity contribution is -0.139. The second-order valence-electron chi connectivity index (χ2n) is 14.5. The number of carbonyl (C=O) groups excluding carboxylic acids is 2. The summed E-state index contributed by atoms with van der Waals surface area (Å²) in [7, 11) is 0. The van der Waals surface area contributed by atoms with Crippen LogP contribution >= 0.6 is 0 Å². The Hall–Kier alpha value is -5.72. The van der Waals surface area contributed by atoms with Crippen LogP contribution in [0.1, 0.15) is 91.1 Å². The minimum atomic E-state index is -1.09. The van der Waals surface area contributed by atoms with Crippen molar-refractivity contribution in [3.63, 3.8) is 0 Å². The summed E-state index contributed by atoms with van der Waals surface area (Å²) in [5.41, 5.74) is 9.94. The number of rotatable bonds is 13. The van der Waals surface area contributed by atoms with E-state index in [2.05, 4.69) is 55.9 Å². The van der Waals surface area contributed by atoms with E-state index in [0.717, 1.165) is 25.0 Å². The lowest BCUT2D eigenvalue weighted by atomic mass is 9.92. The van der Waals surface area contributed by atoms with E-state index in [1.165, 1.54) is 33.0 Å². The highest BCUT2D eigenvalue weighted by atomic mass is 16.6. The quantitative estimate of drug-likeness (QED) is 0.0946. The van der Waals surface area contributed by atoms with E-state index in [0.29, 0.717) is 30.9 Å². The third kappa shape index (κ3) is 12.1. The largest absolute Gasteiger partial charge is 0.480 e. The Morgan fingerprint density at radius 2 is 1.65 bits per heavy atom. The molecule has 0 radical (unpaired) electrons. The molecule has 0 saturated heterocycles. The molecule has 1 aliphatic carbocycles. The summed E-state index contributed by atoms with van der Waals surface area (Å²) >= 11 is 0. The number of aliphatic carboxylic acids is 1. The molecule has 5 aromatic rings. The maximum Gasteiger partial charge on any atom is 0.410 e. The van der Waals surface area contributed by atoms with Crippen LogP contribution in [0.25, 0.3) is 10.8 Å². The molecule has 2 atom stereocenters. The van der Waals surface area contributed by atoms with E-state index in [1.54, 1.807) is 51.4 Å². The number of nitrogens with one attached hydrogen (secondary N) is 2. The molecule has 12 heteroatoms. The zero-order valence-corrected chi connectivity index (χ0v) is 31.8. The van der Waals surface area contributed by atoms with Crippen molar-refractivity contribution in [2.45, 2.75) is 90.2 Å². The minimum Gasteiger partial charge on any atom is -0.480 e. The van der Waals surface area contributed by atoms with Crippen molar-refractivity contribution in [2.75, 3.05) is 6.54 Å². The number of nitrogens with zero attached hydrogens (tertiary/aromatic N) is 4. The number of fused-ring (bicyclic) bond motifs is 2. The number of ether oxygens (including phenoxy) is 1. The first-order valence-corrected chi connectivity index (χ1v) is 18.7. The smallest absolute Gasteiger partial charge is 0.410 e. The Morgan fingerprint density at radius 3 is 2.36 bits per heavy atom. The molecule has 3 heterocycles. The van der Waals surface area contributed by atoms with Gasteiger partial charge in [0.05, 0.1) is 35.7 Å². The number of aryl methyl sites for hydroxylation is 1. The highest BCUT2D eigenvalue weighted by Crippen LogP contribution is 2.27. The SMILES string of the molecule is CC(C)(C)OC(=O)N(Cc1ccccn1)Cc1ccc(C(=O)N[C@@H](CCCNC2CCCc3cccnc32)C(=O)O)cn1.NCc1cccc2ccccc12. The molecule has 6 rings (SSSR count). The number of aromatic nitrogens is 3. The van der Waals surface area contributed by atoms with Gasteiger partial charge in [-0.3, -0.25) is 24.6 Å². The fraction of sp³-hybridized carbons (Fsp3) is 0.349. The molecule has 1 unspecified atom stereocenters. The van der Waals surface area contributed by atoms with Crippen LogP contribution in [0.2, 0.25) is 0 Å². The van der Waals surface area contributed by atoms with Crippen molar-refractivity contribution in [3.8, 4) is 0 Å². The Balaban J connectivity index is 0.000000407. The number of carboxylic acid groups (broad SMARTS) is 1. The molecular formula is C43H51N7O5. The lowest BCUT2D eigenvalue weighted by Gasteiger charge is -2.27. The Morgan fingerprint density at radius 1 is 0.909 bits per heavy atom. The molecule has 12 nitrogen and oxygen atoms in total. The molecule has 5 N–H and O–H groups in total. The summed E-state index contributed by atoms with van der Waals surface area (Å²) in [6.45, 7) is 6.97. The fourth-order valence-corrected chi connectivity index (χ4v) is 6.41. The predicted molar refractivity (Wildman–Crippen MR) is 212 cm³/mol. The van der Waals surface area contributed by atoms with Crippen molar-refractivity contribution in [2.24, 2.45) is 5.73 Å². The van der Waals surface area contributed by atoms with E-state index >= 15 is 0 Å². The summed E-state index contributed by atoms with van der Waals surface area (Å²) in [6, 6.07) is 26.4. The Labute approximate surface area is 322 Å². The van der Waals surface area contributed by atoms with Crippen LogP contribution in [0, 0.1) is 0 Å². The summed E-state index contributed by atoms with van der Waals surface area (Å²) in [5.74, 6) is -1.62. The third-order valence-electron chi connectivity index (χ3n) is 9.13. The predicted octanol–water partition coefficient (Wildman–Crippen LogP) is 6.74. The van der Waals surface area contributed by atoms with Crippen LogP contribution in [0.4, 0.5) is 4.79 Å². The van der Waals surface area contributed by atoms with Crippen LogP contribution in [0.5, 0.6) is 0 Å². The number of carboxylic acids is 1. The van der Waals surface area contributed by atoms with E-state index in [4.69, 9.17) is 10.5 Å². The average Bonchev–Trinajstić information content (AvgIpc) is 3.18. The molecule has 0 bridgehead atoms. The standard InChI is InChI=1S/C32H40N6O5.C11H11N/c1-32(2,3)43-31(42)38(20-24-11-4-5-16-33-24)21-25-15-14-23(19-36-25)29(39)37-27(30(40)41)13-8-17-34-26-12-6-9-22-10-7-18-35-28(22)26;12-8-10-6-3-5-9-4-1-2-7-11(9)10/h4-5,7,10-11,14-16,18-19,26-27,34H,6,8-9,12-13,17,20-21H2,1-3H3,(H,37,39)(H,40,41);1-7H,8,12H2/t26?,27-;/m0./s1. The molecule has 0 aliphatic heterocycles. The minimum absolute atomic E-state index is 0.138. The Kier molecular flexibility index (Phi) is 14.4. The van der Waals surface area contributed by atoms with Crippen molar-refractivity contribution >= 4 is 28.7 Å². The van der Waals surface area contributed by atoms with Crippen LogP contribution in [-0.4, -0.2) is 61.1 Å². The molecule has 0 fully saturated rings. The van der Waals surface area contributed by atoms with Crippen LogP contribution in [-0.2, 0) is 35.6 Å². The number of benzene rings is 2. The zero-order chi connectivity index (χ0) is 39.2. The molecule has 2 amide bonds. The Bertz CT molecular complexity index is 2010. The summed E-state index contributed by atoms with van der Waals surface area (Å²) in [5, 5.41) is 18.4. The van der Waals surface area contributed by atoms with Crippen molar-refractivity contribution in [1.82, 2.24) is 30.5 Å². The fourth-order valence-electron chi connectivity index (χ4n) is 6.41. The first kappa shape index (κ1) is 40.5. The molecule has 2 aromatic carbocycles. The topological polar surface area (TPSA) is 173 Å². The molecule has 0 saturated carbocycles. The summed E-state index contributed by atoms with van der Waals surface area (Å²) in [6.07, 6.45) is 8.28. The molecule has 288 valence electrons. The first-order valence-electron chi connectivity index (χ1n) is 18.7. The average molecular weight is 746 g/mol. The number of amides is 2. The first-order chi connectivity index (χ1) is 26.5. The number of hydrogen-bond donors (Lipinski definition) is 4. The van der Waals surface area contributed by atoms with E-state index in [-0.39, 0.29) is 31.1 Å². The molecule has 1 aliphatic rings. The van der Waals surface area contributed by atoms with Gasteiger partial charge in [0, 0.05) is 31.2 Å². The van der Waals surface area contributed by atoms with Crippen molar-refractivity contribution in [3.05, 3.63) is 137 Å². The van der Waals surface area contributed by atoms with Crippen LogP contribution in [0.15, 0.2) is 104 Å². The van der Waals surface area contributed by atoms with Gasteiger partial charge >= 0.3 is 12.1 Å². The van der Waals surface area contributed by atoms with E-state index < -0.39 is 29.6 Å². The van der Waals surface area contributed by atoms with Gasteiger partial charge in [-0.15, -0.1) is 0 Å². The third-order valence-corrected chi connectivity index (χ3v) is 9.13. The zero-order valence-electron chi connectivity index (χ0n) is 31.8. The lowest BCUT2D eigenvalue weighted by Crippen LogP contribution is -2.41. The highest BCUT2D eigenvalue weighted by molar-refractivity contribution is 5.96. The second-order valence-corrected chi connectivity index (χ2v) is 14.5. The number of pyridine rings is 3. The number of hydrogen-bond acceptors (Lipinski definition) is 9. The van der Waals surface area contributed by atoms with Gasteiger partial charge in [0.25, 0.3) is 5.91 Å². The van der Waals surface area contributed by atoms with Gasteiger partial charge in [0.1, 0.15) is 11.6 Å². The number of nitrogens with two attached hydrogens (primary N) is 1. The highest BCUT2D eigenvalue weighted by Gasteiger charge is 2.25. The van der Waals surface area contributed by atoms with Gasteiger partial charge in [-0.05, 0) is 112 Å². The molecule has 55 heavy (non-hydrogen) atoms. The maximum atomic E-state index is 12.9. The monoisotopic (exact) mass is 745 g/mol. The van der Waals surface area contributed by atoms with Gasteiger partial charge in [-0.2, -0.15) is 0 Å². The van der Waals surface area contributed by atoms with Crippen LogP contribution in [0.3, 0.4) is 0 Å². The second kappa shape index (κ2) is 19.6. The molecular weight excluding hydrogens is 695 g/mol. The maximum absolute atomic E-state index is 12.9. The van der Waals surface area contributed by atoms with Crippen LogP contribution < -0.4 is 16.4 Å².